The van der Waals surface area contributed by atoms with Crippen LogP contribution in [0, 0.1) is 34.6 Å². The smallest absolute Gasteiger partial charge is 0.241 e. The highest BCUT2D eigenvalue weighted by molar-refractivity contribution is 7.89. The molecule has 0 atom stereocenters. The van der Waals surface area contributed by atoms with Crippen molar-refractivity contribution in [1.29, 1.82) is 0 Å². The first-order chi connectivity index (χ1) is 15.1. The Kier molecular flexibility index (Phi) is 7.69. The molecule has 0 radical (unpaired) electrons. The number of benzene rings is 1. The van der Waals surface area contributed by atoms with E-state index in [1.807, 2.05) is 51.8 Å². The molecule has 1 aromatic carbocycles. The summed E-state index contributed by atoms with van der Waals surface area (Å²) in [6.45, 7) is 13.4. The Balaban J connectivity index is 1.53. The molecule has 0 spiro atoms. The Morgan fingerprint density at radius 1 is 0.969 bits per heavy atom. The summed E-state index contributed by atoms with van der Waals surface area (Å²) in [6, 6.07) is 3.98. The molecule has 0 saturated carbocycles. The van der Waals surface area contributed by atoms with Gasteiger partial charge in [-0.15, -0.1) is 0 Å². The number of piperazine rings is 1. The lowest BCUT2D eigenvalue weighted by atomic mass is 9.95. The van der Waals surface area contributed by atoms with E-state index in [0.29, 0.717) is 18.0 Å². The van der Waals surface area contributed by atoms with E-state index in [0.717, 1.165) is 53.0 Å². The van der Waals surface area contributed by atoms with Crippen molar-refractivity contribution in [2.45, 2.75) is 52.5 Å². The van der Waals surface area contributed by atoms with Gasteiger partial charge in [0, 0.05) is 58.1 Å². The van der Waals surface area contributed by atoms with Crippen molar-refractivity contribution >= 4 is 15.9 Å². The lowest BCUT2D eigenvalue weighted by molar-refractivity contribution is -0.132. The molecule has 1 amide bonds. The fourth-order valence-electron chi connectivity index (χ4n) is 4.30. The molecule has 1 aromatic heterocycles. The minimum Gasteiger partial charge on any atom is -0.340 e. The van der Waals surface area contributed by atoms with Crippen molar-refractivity contribution in [2.24, 2.45) is 0 Å². The van der Waals surface area contributed by atoms with Gasteiger partial charge in [0.05, 0.1) is 4.90 Å². The lowest BCUT2D eigenvalue weighted by Gasteiger charge is -2.34. The summed E-state index contributed by atoms with van der Waals surface area (Å²) in [5.74, 6) is -0.0153. The number of sulfonamides is 1. The van der Waals surface area contributed by atoms with Crippen LogP contribution in [0.4, 0.5) is 0 Å². The standard InChI is InChI=1S/C24H34N4O3S/c1-17-18(2)20(4)24(21(5)19(17)3)32(30,31)26-10-8-23(29)28-13-11-27(12-14-28)16-22-7-6-9-25-15-22/h6-7,9,15,26H,8,10-14,16H2,1-5H3. The first-order valence-electron chi connectivity index (χ1n) is 11.1. The van der Waals surface area contributed by atoms with Gasteiger partial charge in [-0.25, -0.2) is 13.1 Å². The fraction of sp³-hybridized carbons (Fsp3) is 0.500. The summed E-state index contributed by atoms with van der Waals surface area (Å²) < 4.78 is 28.7. The molecule has 2 aromatic rings. The van der Waals surface area contributed by atoms with Crippen LogP contribution in [0.3, 0.4) is 0 Å². The van der Waals surface area contributed by atoms with Crippen molar-refractivity contribution in [2.75, 3.05) is 32.7 Å². The molecule has 0 bridgehead atoms. The van der Waals surface area contributed by atoms with Gasteiger partial charge in [0.2, 0.25) is 15.9 Å². The van der Waals surface area contributed by atoms with Crippen molar-refractivity contribution in [3.8, 4) is 0 Å². The molecule has 174 valence electrons. The Bertz CT molecular complexity index is 1050. The van der Waals surface area contributed by atoms with E-state index < -0.39 is 10.0 Å². The average Bonchev–Trinajstić information content (AvgIpc) is 2.77. The van der Waals surface area contributed by atoms with Crippen LogP contribution in [0.15, 0.2) is 29.4 Å². The molecule has 3 rings (SSSR count). The van der Waals surface area contributed by atoms with Crippen molar-refractivity contribution in [3.05, 3.63) is 57.9 Å². The fourth-order valence-corrected chi connectivity index (χ4v) is 5.92. The molecule has 8 heteroatoms. The maximum atomic E-state index is 13.0. The molecule has 32 heavy (non-hydrogen) atoms. The number of nitrogens with one attached hydrogen (secondary N) is 1. The minimum absolute atomic E-state index is 0.0153. The zero-order valence-electron chi connectivity index (χ0n) is 19.7. The maximum Gasteiger partial charge on any atom is 0.241 e. The number of amides is 1. The van der Waals surface area contributed by atoms with Gasteiger partial charge >= 0.3 is 0 Å². The second kappa shape index (κ2) is 10.1. The molecule has 7 nitrogen and oxygen atoms in total. The molecule has 1 aliphatic rings. The zero-order valence-corrected chi connectivity index (χ0v) is 20.6. The third-order valence-electron chi connectivity index (χ3n) is 6.68. The lowest BCUT2D eigenvalue weighted by Crippen LogP contribution is -2.48. The topological polar surface area (TPSA) is 82.6 Å². The van der Waals surface area contributed by atoms with E-state index in [9.17, 15) is 13.2 Å². The van der Waals surface area contributed by atoms with Gasteiger partial charge in [-0.2, -0.15) is 0 Å². The normalized spacial score (nSPS) is 15.2. The summed E-state index contributed by atoms with van der Waals surface area (Å²) in [4.78, 5) is 21.2. The highest BCUT2D eigenvalue weighted by Gasteiger charge is 2.25. The van der Waals surface area contributed by atoms with Crippen LogP contribution >= 0.6 is 0 Å². The molecule has 0 aliphatic carbocycles. The summed E-state index contributed by atoms with van der Waals surface area (Å²) in [5, 5.41) is 0. The summed E-state index contributed by atoms with van der Waals surface area (Å²) in [7, 11) is -3.69. The van der Waals surface area contributed by atoms with Gasteiger partial charge in [-0.1, -0.05) is 6.07 Å². The summed E-state index contributed by atoms with van der Waals surface area (Å²) in [6.07, 6.45) is 3.78. The summed E-state index contributed by atoms with van der Waals surface area (Å²) >= 11 is 0. The van der Waals surface area contributed by atoms with Crippen LogP contribution in [-0.2, 0) is 21.4 Å². The van der Waals surface area contributed by atoms with Gasteiger partial charge in [0.15, 0.2) is 0 Å². The van der Waals surface area contributed by atoms with Crippen LogP contribution < -0.4 is 4.72 Å². The van der Waals surface area contributed by atoms with Gasteiger partial charge < -0.3 is 4.90 Å². The van der Waals surface area contributed by atoms with Gasteiger partial charge in [0.1, 0.15) is 0 Å². The van der Waals surface area contributed by atoms with Gasteiger partial charge in [0.25, 0.3) is 0 Å². The van der Waals surface area contributed by atoms with Crippen molar-refractivity contribution in [3.63, 3.8) is 0 Å². The Labute approximate surface area is 191 Å². The number of rotatable bonds is 7. The molecule has 1 aliphatic heterocycles. The van der Waals surface area contributed by atoms with E-state index in [2.05, 4.69) is 20.7 Å². The summed E-state index contributed by atoms with van der Waals surface area (Å²) in [5.41, 5.74) is 5.82. The second-order valence-corrected chi connectivity index (χ2v) is 10.3. The SMILES string of the molecule is Cc1c(C)c(C)c(S(=O)(=O)NCCC(=O)N2CCN(Cc3cccnc3)CC2)c(C)c1C. The van der Waals surface area contributed by atoms with Gasteiger partial charge in [-0.3, -0.25) is 14.7 Å². The largest absolute Gasteiger partial charge is 0.340 e. The number of pyridine rings is 1. The molecule has 2 heterocycles. The first kappa shape index (κ1) is 24.4. The monoisotopic (exact) mass is 458 g/mol. The number of carbonyl (C=O) groups excluding carboxylic acids is 1. The van der Waals surface area contributed by atoms with Gasteiger partial charge in [-0.05, 0) is 74.1 Å². The zero-order chi connectivity index (χ0) is 23.5. The molecule has 1 N–H and O–H groups in total. The van der Waals surface area contributed by atoms with Crippen LogP contribution in [0.1, 0.15) is 39.8 Å². The van der Waals surface area contributed by atoms with Crippen LogP contribution in [0.5, 0.6) is 0 Å². The van der Waals surface area contributed by atoms with Crippen molar-refractivity contribution in [1.82, 2.24) is 19.5 Å². The molecular formula is C24H34N4O3S. The number of aromatic nitrogens is 1. The maximum absolute atomic E-state index is 13.0. The number of hydrogen-bond donors (Lipinski definition) is 1. The van der Waals surface area contributed by atoms with E-state index in [-0.39, 0.29) is 18.9 Å². The molecule has 0 unspecified atom stereocenters. The predicted octanol–water partition coefficient (Wildman–Crippen LogP) is 2.64. The Morgan fingerprint density at radius 3 is 2.12 bits per heavy atom. The van der Waals surface area contributed by atoms with E-state index in [1.165, 1.54) is 0 Å². The van der Waals surface area contributed by atoms with E-state index in [1.54, 1.807) is 6.20 Å². The molecule has 1 saturated heterocycles. The van der Waals surface area contributed by atoms with Crippen LogP contribution in [0.2, 0.25) is 0 Å². The number of carbonyl (C=O) groups is 1. The van der Waals surface area contributed by atoms with E-state index in [4.69, 9.17) is 0 Å². The first-order valence-corrected chi connectivity index (χ1v) is 12.6. The third-order valence-corrected chi connectivity index (χ3v) is 8.42. The van der Waals surface area contributed by atoms with E-state index >= 15 is 0 Å². The highest BCUT2D eigenvalue weighted by atomic mass is 32.2. The number of hydrogen-bond acceptors (Lipinski definition) is 5. The molecule has 1 fully saturated rings. The molecular weight excluding hydrogens is 424 g/mol. The van der Waals surface area contributed by atoms with Crippen LogP contribution in [0.25, 0.3) is 0 Å². The average molecular weight is 459 g/mol. The predicted molar refractivity (Wildman–Crippen MR) is 126 cm³/mol. The number of nitrogens with zero attached hydrogens (tertiary/aromatic N) is 3. The van der Waals surface area contributed by atoms with Crippen LogP contribution in [-0.4, -0.2) is 61.8 Å². The third kappa shape index (κ3) is 5.36. The highest BCUT2D eigenvalue weighted by Crippen LogP contribution is 2.29. The second-order valence-electron chi connectivity index (χ2n) is 8.62. The Hall–Kier alpha value is -2.29. The quantitative estimate of drug-likeness (QED) is 0.690. The Morgan fingerprint density at radius 2 is 1.56 bits per heavy atom. The van der Waals surface area contributed by atoms with Crippen molar-refractivity contribution < 1.29 is 13.2 Å². The minimum atomic E-state index is -3.69.